The van der Waals surface area contributed by atoms with Crippen LogP contribution in [0.3, 0.4) is 0 Å². The first-order valence-electron chi connectivity index (χ1n) is 11.3. The van der Waals surface area contributed by atoms with Crippen molar-refractivity contribution in [3.05, 3.63) is 53.7 Å². The number of hydrogen-bond acceptors (Lipinski definition) is 8. The molecule has 1 amide bonds. The number of ketones is 1. The molecule has 2 aromatic carbocycles. The van der Waals surface area contributed by atoms with Crippen molar-refractivity contribution in [3.8, 4) is 17.2 Å². The van der Waals surface area contributed by atoms with Crippen LogP contribution >= 0.6 is 0 Å². The third kappa shape index (κ3) is 4.24. The standard InChI is InChI=1S/C25H25N3O7S/c1-33-15-3-5-19-17(11-15)23(34-2)13-20(27-19)24(30)28-9-7-25(8-10-28)14-21(29)18-12-16(36(26,31)32)4-6-22(18)35-25/h3-6,11-13H,7-10,14H2,1-2H3,(H2,26,31,32). The van der Waals surface area contributed by atoms with Gasteiger partial charge in [-0.15, -0.1) is 0 Å². The molecule has 3 aromatic rings. The van der Waals surface area contributed by atoms with Gasteiger partial charge < -0.3 is 19.1 Å². The molecule has 36 heavy (non-hydrogen) atoms. The molecule has 1 saturated heterocycles. The molecule has 2 aliphatic rings. The molecule has 5 rings (SSSR count). The van der Waals surface area contributed by atoms with Gasteiger partial charge in [0.05, 0.1) is 36.6 Å². The van der Waals surface area contributed by atoms with Crippen LogP contribution in [0.15, 0.2) is 47.4 Å². The average molecular weight is 512 g/mol. The van der Waals surface area contributed by atoms with E-state index in [4.69, 9.17) is 19.3 Å². The van der Waals surface area contributed by atoms with Gasteiger partial charge in [0.15, 0.2) is 5.78 Å². The number of nitrogens with two attached hydrogens (primary N) is 1. The van der Waals surface area contributed by atoms with Crippen LogP contribution in [-0.2, 0) is 10.0 Å². The molecule has 1 fully saturated rings. The molecule has 2 N–H and O–H groups in total. The molecule has 2 aliphatic heterocycles. The zero-order chi connectivity index (χ0) is 25.7. The molecule has 0 bridgehead atoms. The number of carbonyl (C=O) groups excluding carboxylic acids is 2. The number of methoxy groups -OCH3 is 2. The largest absolute Gasteiger partial charge is 0.497 e. The Morgan fingerprint density at radius 3 is 2.50 bits per heavy atom. The van der Waals surface area contributed by atoms with E-state index in [-0.39, 0.29) is 34.3 Å². The maximum Gasteiger partial charge on any atom is 0.272 e. The van der Waals surface area contributed by atoms with E-state index in [1.54, 1.807) is 36.3 Å². The van der Waals surface area contributed by atoms with Crippen molar-refractivity contribution >= 4 is 32.6 Å². The van der Waals surface area contributed by atoms with Gasteiger partial charge in [0.25, 0.3) is 5.91 Å². The Balaban J connectivity index is 1.34. The van der Waals surface area contributed by atoms with Crippen LogP contribution in [0.25, 0.3) is 10.9 Å². The fourth-order valence-electron chi connectivity index (χ4n) is 4.79. The maximum atomic E-state index is 13.3. The number of benzene rings is 2. The van der Waals surface area contributed by atoms with Gasteiger partial charge in [-0.25, -0.2) is 18.5 Å². The van der Waals surface area contributed by atoms with Crippen molar-refractivity contribution in [1.29, 1.82) is 0 Å². The van der Waals surface area contributed by atoms with E-state index < -0.39 is 15.6 Å². The van der Waals surface area contributed by atoms with Gasteiger partial charge in [0.2, 0.25) is 10.0 Å². The van der Waals surface area contributed by atoms with Crippen LogP contribution in [0.1, 0.15) is 40.1 Å². The van der Waals surface area contributed by atoms with Gasteiger partial charge in [-0.3, -0.25) is 9.59 Å². The summed E-state index contributed by atoms with van der Waals surface area (Å²) in [4.78, 5) is 32.3. The number of amides is 1. The van der Waals surface area contributed by atoms with Gasteiger partial charge in [-0.1, -0.05) is 0 Å². The minimum Gasteiger partial charge on any atom is -0.497 e. The van der Waals surface area contributed by atoms with Crippen molar-refractivity contribution in [1.82, 2.24) is 9.88 Å². The fourth-order valence-corrected chi connectivity index (χ4v) is 5.33. The monoisotopic (exact) mass is 511 g/mol. The zero-order valence-corrected chi connectivity index (χ0v) is 20.6. The summed E-state index contributed by atoms with van der Waals surface area (Å²) in [5, 5.41) is 5.93. The Labute approximate surface area is 208 Å². The number of piperidine rings is 1. The van der Waals surface area contributed by atoms with E-state index in [9.17, 15) is 18.0 Å². The highest BCUT2D eigenvalue weighted by Crippen LogP contribution is 2.40. The number of nitrogens with zero attached hydrogens (tertiary/aromatic N) is 2. The second-order valence-electron chi connectivity index (χ2n) is 8.97. The van der Waals surface area contributed by atoms with Crippen LogP contribution in [0.5, 0.6) is 17.2 Å². The second-order valence-corrected chi connectivity index (χ2v) is 10.5. The highest BCUT2D eigenvalue weighted by Gasteiger charge is 2.44. The number of pyridine rings is 1. The Bertz CT molecular complexity index is 1500. The van der Waals surface area contributed by atoms with E-state index >= 15 is 0 Å². The quantitative estimate of drug-likeness (QED) is 0.564. The third-order valence-corrected chi connectivity index (χ3v) is 7.68. The van der Waals surface area contributed by atoms with Gasteiger partial charge in [-0.05, 0) is 36.4 Å². The number of ether oxygens (including phenoxy) is 3. The Morgan fingerprint density at radius 2 is 1.83 bits per heavy atom. The minimum absolute atomic E-state index is 0.0972. The second kappa shape index (κ2) is 8.75. The van der Waals surface area contributed by atoms with Crippen molar-refractivity contribution < 1.29 is 32.2 Å². The van der Waals surface area contributed by atoms with E-state index in [2.05, 4.69) is 4.98 Å². The van der Waals surface area contributed by atoms with E-state index in [0.29, 0.717) is 48.7 Å². The summed E-state index contributed by atoms with van der Waals surface area (Å²) in [6, 6.07) is 11.0. The zero-order valence-electron chi connectivity index (χ0n) is 19.8. The maximum absolute atomic E-state index is 13.3. The van der Waals surface area contributed by atoms with Crippen molar-refractivity contribution in [3.63, 3.8) is 0 Å². The molecule has 0 atom stereocenters. The highest BCUT2D eigenvalue weighted by molar-refractivity contribution is 7.89. The number of Topliss-reactive ketones (excluding diaryl/α,β-unsaturated/α-hetero) is 1. The lowest BCUT2D eigenvalue weighted by atomic mass is 9.82. The SMILES string of the molecule is COc1ccc2nc(C(=O)N3CCC4(CC3)CC(=O)c3cc(S(N)(=O)=O)ccc3O4)cc(OC)c2c1. The average Bonchev–Trinajstić information content (AvgIpc) is 2.87. The molecule has 0 saturated carbocycles. The molecule has 0 radical (unpaired) electrons. The number of hydrogen-bond donors (Lipinski definition) is 1. The van der Waals surface area contributed by atoms with Crippen molar-refractivity contribution in [2.45, 2.75) is 29.8 Å². The van der Waals surface area contributed by atoms with E-state index in [1.165, 1.54) is 25.3 Å². The summed E-state index contributed by atoms with van der Waals surface area (Å²) in [6.45, 7) is 0.753. The molecule has 10 nitrogen and oxygen atoms in total. The summed E-state index contributed by atoms with van der Waals surface area (Å²) in [6.07, 6.45) is 0.992. The van der Waals surface area contributed by atoms with Crippen LogP contribution in [-0.4, -0.2) is 62.9 Å². The summed E-state index contributed by atoms with van der Waals surface area (Å²) < 4.78 is 40.3. The summed E-state index contributed by atoms with van der Waals surface area (Å²) in [7, 11) is -0.820. The normalized spacial score (nSPS) is 17.0. The molecule has 3 heterocycles. The predicted octanol–water partition coefficient (Wildman–Crippen LogP) is 2.54. The van der Waals surface area contributed by atoms with Crippen LogP contribution in [0, 0.1) is 0 Å². The number of aromatic nitrogens is 1. The molecule has 11 heteroatoms. The van der Waals surface area contributed by atoms with Gasteiger partial charge in [0, 0.05) is 37.4 Å². The molecule has 1 aromatic heterocycles. The van der Waals surface area contributed by atoms with E-state index in [0.717, 1.165) is 5.39 Å². The first-order chi connectivity index (χ1) is 17.1. The van der Waals surface area contributed by atoms with Crippen LogP contribution in [0.4, 0.5) is 0 Å². The van der Waals surface area contributed by atoms with Crippen LogP contribution in [0.2, 0.25) is 0 Å². The molecule has 1 spiro atoms. The Morgan fingerprint density at radius 1 is 1.08 bits per heavy atom. The van der Waals surface area contributed by atoms with Crippen molar-refractivity contribution in [2.24, 2.45) is 5.14 Å². The molecule has 0 unspecified atom stereocenters. The lowest BCUT2D eigenvalue weighted by Gasteiger charge is -2.43. The Hall–Kier alpha value is -3.70. The minimum atomic E-state index is -3.93. The summed E-state index contributed by atoms with van der Waals surface area (Å²) in [5.74, 6) is 1.06. The third-order valence-electron chi connectivity index (χ3n) is 6.77. The summed E-state index contributed by atoms with van der Waals surface area (Å²) in [5.41, 5.74) is 0.329. The first kappa shape index (κ1) is 24.0. The number of sulfonamides is 1. The molecular weight excluding hydrogens is 486 g/mol. The predicted molar refractivity (Wildman–Crippen MR) is 130 cm³/mol. The van der Waals surface area contributed by atoms with Gasteiger partial charge in [0.1, 0.15) is 28.5 Å². The van der Waals surface area contributed by atoms with Crippen molar-refractivity contribution in [2.75, 3.05) is 27.3 Å². The Kier molecular flexibility index (Phi) is 5.84. The fraction of sp³-hybridized carbons (Fsp3) is 0.320. The number of fused-ring (bicyclic) bond motifs is 2. The highest BCUT2D eigenvalue weighted by atomic mass is 32.2. The summed E-state index contributed by atoms with van der Waals surface area (Å²) >= 11 is 0. The molecular formula is C25H25N3O7S. The number of rotatable bonds is 4. The lowest BCUT2D eigenvalue weighted by molar-refractivity contribution is -0.00590. The van der Waals surface area contributed by atoms with Gasteiger partial charge in [-0.2, -0.15) is 0 Å². The van der Waals surface area contributed by atoms with Crippen LogP contribution < -0.4 is 19.3 Å². The smallest absolute Gasteiger partial charge is 0.272 e. The van der Waals surface area contributed by atoms with Gasteiger partial charge >= 0.3 is 0 Å². The number of likely N-dealkylation sites (tertiary alicyclic amines) is 1. The lowest BCUT2D eigenvalue weighted by Crippen LogP contribution is -2.52. The number of primary sulfonamides is 1. The topological polar surface area (TPSA) is 138 Å². The first-order valence-corrected chi connectivity index (χ1v) is 12.9. The molecule has 188 valence electrons. The van der Waals surface area contributed by atoms with E-state index in [1.807, 2.05) is 0 Å². The number of carbonyl (C=O) groups is 2. The molecule has 0 aliphatic carbocycles.